The normalized spacial score (nSPS) is 17.3. The number of carbonyl (C=O) groups excluding carboxylic acids is 1. The van der Waals surface area contributed by atoms with Gasteiger partial charge in [0.2, 0.25) is 11.7 Å². The van der Waals surface area contributed by atoms with E-state index in [9.17, 15) is 4.79 Å². The molecule has 0 aromatic carbocycles. The lowest BCUT2D eigenvalue weighted by molar-refractivity contribution is 0.0746. The fourth-order valence-electron chi connectivity index (χ4n) is 4.25. The molecule has 1 saturated carbocycles. The standard InChI is InChI=1S/C22H23ClN6O2/c23-19-17(6-3-9-24-19)22(30)29-12-10-28(11-13-29)18-8-7-16(14-25-18)20-26-21(31-27-20)15-4-1-2-5-15/h3,6-9,14-15H,1-2,4-5,10-13H2. The predicted molar refractivity (Wildman–Crippen MR) is 116 cm³/mol. The highest BCUT2D eigenvalue weighted by Gasteiger charge is 2.25. The zero-order valence-corrected chi connectivity index (χ0v) is 17.8. The first-order valence-electron chi connectivity index (χ1n) is 10.6. The Kier molecular flexibility index (Phi) is 5.55. The van der Waals surface area contributed by atoms with Crippen molar-refractivity contribution in [1.29, 1.82) is 0 Å². The van der Waals surface area contributed by atoms with Crippen molar-refractivity contribution in [3.8, 4) is 11.4 Å². The summed E-state index contributed by atoms with van der Waals surface area (Å²) in [4.78, 5) is 29.8. The molecule has 31 heavy (non-hydrogen) atoms. The maximum absolute atomic E-state index is 12.7. The molecule has 1 aliphatic carbocycles. The second kappa shape index (κ2) is 8.63. The first-order chi connectivity index (χ1) is 15.2. The van der Waals surface area contributed by atoms with Crippen molar-refractivity contribution < 1.29 is 9.32 Å². The van der Waals surface area contributed by atoms with Gasteiger partial charge in [0.05, 0.1) is 5.56 Å². The predicted octanol–water partition coefficient (Wildman–Crippen LogP) is 3.80. The maximum atomic E-state index is 12.7. The minimum Gasteiger partial charge on any atom is -0.353 e. The summed E-state index contributed by atoms with van der Waals surface area (Å²) in [5, 5.41) is 4.38. The van der Waals surface area contributed by atoms with Gasteiger partial charge in [0.15, 0.2) is 0 Å². The molecule has 3 aromatic heterocycles. The van der Waals surface area contributed by atoms with E-state index < -0.39 is 0 Å². The Hall–Kier alpha value is -3.00. The van der Waals surface area contributed by atoms with Gasteiger partial charge in [0.1, 0.15) is 11.0 Å². The zero-order valence-electron chi connectivity index (χ0n) is 17.1. The molecule has 5 rings (SSSR count). The van der Waals surface area contributed by atoms with E-state index in [1.807, 2.05) is 12.1 Å². The molecule has 0 unspecified atom stereocenters. The van der Waals surface area contributed by atoms with Crippen molar-refractivity contribution in [2.24, 2.45) is 0 Å². The SMILES string of the molecule is O=C(c1cccnc1Cl)N1CCN(c2ccc(-c3noc(C4CCCC4)n3)cn2)CC1. The van der Waals surface area contributed by atoms with Crippen molar-refractivity contribution in [1.82, 2.24) is 25.0 Å². The summed E-state index contributed by atoms with van der Waals surface area (Å²) >= 11 is 6.07. The highest BCUT2D eigenvalue weighted by Crippen LogP contribution is 2.34. The number of halogens is 1. The molecule has 0 spiro atoms. The van der Waals surface area contributed by atoms with Crippen LogP contribution in [-0.2, 0) is 0 Å². The molecule has 9 heteroatoms. The summed E-state index contributed by atoms with van der Waals surface area (Å²) in [5.41, 5.74) is 1.29. The largest absolute Gasteiger partial charge is 0.353 e. The minimum absolute atomic E-state index is 0.0868. The lowest BCUT2D eigenvalue weighted by atomic mass is 10.1. The fraction of sp³-hybridized carbons (Fsp3) is 0.409. The smallest absolute Gasteiger partial charge is 0.257 e. The van der Waals surface area contributed by atoms with E-state index >= 15 is 0 Å². The molecule has 0 N–H and O–H groups in total. The number of anilines is 1. The third kappa shape index (κ3) is 4.12. The molecule has 4 heterocycles. The number of carbonyl (C=O) groups is 1. The molecule has 2 aliphatic rings. The summed E-state index contributed by atoms with van der Waals surface area (Å²) in [6.07, 6.45) is 8.07. The molecule has 1 amide bonds. The molecule has 3 aromatic rings. The van der Waals surface area contributed by atoms with Crippen molar-refractivity contribution >= 4 is 23.3 Å². The lowest BCUT2D eigenvalue weighted by Crippen LogP contribution is -2.49. The van der Waals surface area contributed by atoms with Crippen LogP contribution >= 0.6 is 11.6 Å². The molecule has 1 saturated heterocycles. The number of piperazine rings is 1. The zero-order chi connectivity index (χ0) is 21.2. The number of hydrogen-bond acceptors (Lipinski definition) is 7. The second-order valence-corrected chi connectivity index (χ2v) is 8.32. The summed E-state index contributed by atoms with van der Waals surface area (Å²) in [6.45, 7) is 2.60. The van der Waals surface area contributed by atoms with Crippen LogP contribution in [0.2, 0.25) is 5.15 Å². The van der Waals surface area contributed by atoms with Gasteiger partial charge in [0, 0.05) is 50.1 Å². The average Bonchev–Trinajstić information content (AvgIpc) is 3.51. The van der Waals surface area contributed by atoms with E-state index in [1.54, 1.807) is 29.4 Å². The van der Waals surface area contributed by atoms with E-state index in [0.717, 1.165) is 30.1 Å². The van der Waals surface area contributed by atoms with Crippen LogP contribution in [0.15, 0.2) is 41.2 Å². The third-order valence-corrected chi connectivity index (χ3v) is 6.33. The summed E-state index contributed by atoms with van der Waals surface area (Å²) in [5.74, 6) is 2.51. The van der Waals surface area contributed by atoms with Gasteiger partial charge in [-0.2, -0.15) is 4.98 Å². The van der Waals surface area contributed by atoms with Crippen molar-refractivity contribution in [3.63, 3.8) is 0 Å². The van der Waals surface area contributed by atoms with Gasteiger partial charge in [-0.1, -0.05) is 29.6 Å². The average molecular weight is 439 g/mol. The number of rotatable bonds is 4. The molecule has 8 nitrogen and oxygen atoms in total. The van der Waals surface area contributed by atoms with Crippen LogP contribution in [-0.4, -0.2) is 57.1 Å². The van der Waals surface area contributed by atoms with Crippen LogP contribution in [0.4, 0.5) is 5.82 Å². The first kappa shape index (κ1) is 19.9. The number of pyridine rings is 2. The van der Waals surface area contributed by atoms with E-state index in [4.69, 9.17) is 16.1 Å². The number of hydrogen-bond donors (Lipinski definition) is 0. The Morgan fingerprint density at radius 2 is 1.87 bits per heavy atom. The van der Waals surface area contributed by atoms with E-state index in [1.165, 1.54) is 12.8 Å². The Labute approximate surface area is 185 Å². The van der Waals surface area contributed by atoms with E-state index in [2.05, 4.69) is 25.0 Å². The first-order valence-corrected chi connectivity index (χ1v) is 11.0. The topological polar surface area (TPSA) is 88.3 Å². The van der Waals surface area contributed by atoms with Gasteiger partial charge in [-0.25, -0.2) is 9.97 Å². The van der Waals surface area contributed by atoms with Crippen molar-refractivity contribution in [3.05, 3.63) is 53.3 Å². The van der Waals surface area contributed by atoms with Gasteiger partial charge in [-0.05, 0) is 37.1 Å². The monoisotopic (exact) mass is 438 g/mol. The Bertz CT molecular complexity index is 1060. The molecule has 0 radical (unpaired) electrons. The van der Waals surface area contributed by atoms with Gasteiger partial charge < -0.3 is 14.3 Å². The highest BCUT2D eigenvalue weighted by atomic mass is 35.5. The molecular formula is C22H23ClN6O2. The quantitative estimate of drug-likeness (QED) is 0.572. The van der Waals surface area contributed by atoms with Crippen LogP contribution in [0.5, 0.6) is 0 Å². The maximum Gasteiger partial charge on any atom is 0.257 e. The molecule has 1 aliphatic heterocycles. The Morgan fingerprint density at radius 1 is 1.06 bits per heavy atom. The summed E-state index contributed by atoms with van der Waals surface area (Å²) < 4.78 is 5.48. The fourth-order valence-corrected chi connectivity index (χ4v) is 4.45. The molecule has 0 atom stereocenters. The van der Waals surface area contributed by atoms with E-state index in [0.29, 0.717) is 43.5 Å². The second-order valence-electron chi connectivity index (χ2n) is 7.96. The van der Waals surface area contributed by atoms with E-state index in [-0.39, 0.29) is 11.1 Å². The molecule has 2 fully saturated rings. The molecule has 0 bridgehead atoms. The molecule has 160 valence electrons. The van der Waals surface area contributed by atoms with Gasteiger partial charge in [-0.15, -0.1) is 0 Å². The third-order valence-electron chi connectivity index (χ3n) is 6.03. The number of nitrogens with zero attached hydrogens (tertiary/aromatic N) is 6. The van der Waals surface area contributed by atoms with Crippen molar-refractivity contribution in [2.75, 3.05) is 31.1 Å². The Balaban J connectivity index is 1.21. The minimum atomic E-state index is -0.0868. The Morgan fingerprint density at radius 3 is 2.58 bits per heavy atom. The number of amides is 1. The van der Waals surface area contributed by atoms with Crippen LogP contribution in [0.25, 0.3) is 11.4 Å². The van der Waals surface area contributed by atoms with Gasteiger partial charge in [-0.3, -0.25) is 4.79 Å². The van der Waals surface area contributed by atoms with Crippen LogP contribution in [0, 0.1) is 0 Å². The van der Waals surface area contributed by atoms with Crippen LogP contribution in [0.1, 0.15) is 47.8 Å². The van der Waals surface area contributed by atoms with Crippen LogP contribution in [0.3, 0.4) is 0 Å². The molecular weight excluding hydrogens is 416 g/mol. The highest BCUT2D eigenvalue weighted by molar-refractivity contribution is 6.32. The van der Waals surface area contributed by atoms with Gasteiger partial charge in [0.25, 0.3) is 5.91 Å². The summed E-state index contributed by atoms with van der Waals surface area (Å²) in [6, 6.07) is 7.37. The lowest BCUT2D eigenvalue weighted by Gasteiger charge is -2.35. The summed E-state index contributed by atoms with van der Waals surface area (Å²) in [7, 11) is 0. The van der Waals surface area contributed by atoms with Crippen molar-refractivity contribution in [2.45, 2.75) is 31.6 Å². The number of aromatic nitrogens is 4. The van der Waals surface area contributed by atoms with Crippen LogP contribution < -0.4 is 4.90 Å². The van der Waals surface area contributed by atoms with Gasteiger partial charge >= 0.3 is 0 Å².